The molecule has 1 amide bonds. The summed E-state index contributed by atoms with van der Waals surface area (Å²) in [5, 5.41) is 2.68. The Morgan fingerprint density at radius 2 is 1.58 bits per heavy atom. The molecule has 7 heteroatoms. The summed E-state index contributed by atoms with van der Waals surface area (Å²) in [6.07, 6.45) is 2.96. The van der Waals surface area contributed by atoms with Gasteiger partial charge < -0.3 is 5.32 Å². The van der Waals surface area contributed by atoms with Crippen molar-refractivity contribution in [1.29, 1.82) is 0 Å². The maximum atomic E-state index is 12.9. The number of carbonyl (C=O) groups excluding carboxylic acids is 1. The van der Waals surface area contributed by atoms with E-state index in [9.17, 15) is 17.6 Å². The fraction of sp³-hybridized carbons (Fsp3) is 0.316. The van der Waals surface area contributed by atoms with Crippen molar-refractivity contribution in [3.05, 3.63) is 59.9 Å². The summed E-state index contributed by atoms with van der Waals surface area (Å²) >= 11 is 0. The van der Waals surface area contributed by atoms with E-state index < -0.39 is 10.0 Å². The van der Waals surface area contributed by atoms with Crippen molar-refractivity contribution in [3.8, 4) is 0 Å². The highest BCUT2D eigenvalue weighted by Crippen LogP contribution is 2.21. The molecule has 0 spiro atoms. The lowest BCUT2D eigenvalue weighted by molar-refractivity contribution is -0.115. The predicted molar refractivity (Wildman–Crippen MR) is 97.8 cm³/mol. The first kappa shape index (κ1) is 18.5. The minimum absolute atomic E-state index is 0.113. The van der Waals surface area contributed by atoms with Gasteiger partial charge in [-0.15, -0.1) is 0 Å². The molecule has 1 N–H and O–H groups in total. The molecule has 3 rings (SSSR count). The Bertz CT molecular complexity index is 859. The Kier molecular flexibility index (Phi) is 5.68. The SMILES string of the molecule is O=C(Cc1ccc(S(=O)(=O)N2CCCCC2)cc1)Nc1ccc(F)cc1. The third kappa shape index (κ3) is 4.47. The zero-order chi connectivity index (χ0) is 18.6. The second kappa shape index (κ2) is 7.97. The fourth-order valence-electron chi connectivity index (χ4n) is 2.96. The summed E-state index contributed by atoms with van der Waals surface area (Å²) in [5.74, 6) is -0.614. The summed E-state index contributed by atoms with van der Waals surface area (Å²) in [4.78, 5) is 12.3. The minimum Gasteiger partial charge on any atom is -0.326 e. The smallest absolute Gasteiger partial charge is 0.243 e. The largest absolute Gasteiger partial charge is 0.326 e. The number of nitrogens with zero attached hydrogens (tertiary/aromatic N) is 1. The van der Waals surface area contributed by atoms with E-state index in [4.69, 9.17) is 0 Å². The van der Waals surface area contributed by atoms with E-state index in [1.54, 1.807) is 24.3 Å². The van der Waals surface area contributed by atoms with Crippen molar-refractivity contribution >= 4 is 21.6 Å². The van der Waals surface area contributed by atoms with Gasteiger partial charge in [0.15, 0.2) is 0 Å². The Balaban J connectivity index is 1.63. The second-order valence-electron chi connectivity index (χ2n) is 6.34. The molecule has 0 aromatic heterocycles. The molecule has 0 saturated carbocycles. The van der Waals surface area contributed by atoms with Gasteiger partial charge in [0.25, 0.3) is 0 Å². The maximum Gasteiger partial charge on any atom is 0.243 e. The molecule has 1 fully saturated rings. The number of sulfonamides is 1. The monoisotopic (exact) mass is 376 g/mol. The lowest BCUT2D eigenvalue weighted by atomic mass is 10.1. The number of anilines is 1. The summed E-state index contributed by atoms with van der Waals surface area (Å²) in [7, 11) is -3.46. The minimum atomic E-state index is -3.46. The molecule has 5 nitrogen and oxygen atoms in total. The summed E-state index contributed by atoms with van der Waals surface area (Å²) in [6, 6.07) is 11.9. The highest BCUT2D eigenvalue weighted by atomic mass is 32.2. The number of benzene rings is 2. The van der Waals surface area contributed by atoms with Gasteiger partial charge in [-0.1, -0.05) is 18.6 Å². The van der Waals surface area contributed by atoms with Crippen LogP contribution in [0.5, 0.6) is 0 Å². The number of carbonyl (C=O) groups is 1. The first-order chi connectivity index (χ1) is 12.4. The van der Waals surface area contributed by atoms with Gasteiger partial charge in [-0.3, -0.25) is 4.79 Å². The lowest BCUT2D eigenvalue weighted by Crippen LogP contribution is -2.35. The highest BCUT2D eigenvalue weighted by Gasteiger charge is 2.25. The Hall–Kier alpha value is -2.25. The van der Waals surface area contributed by atoms with Crippen LogP contribution in [0.4, 0.5) is 10.1 Å². The topological polar surface area (TPSA) is 66.5 Å². The van der Waals surface area contributed by atoms with Crippen LogP contribution in [-0.2, 0) is 21.2 Å². The zero-order valence-electron chi connectivity index (χ0n) is 14.3. The van der Waals surface area contributed by atoms with Gasteiger partial charge in [-0.25, -0.2) is 12.8 Å². The molecule has 26 heavy (non-hydrogen) atoms. The molecular formula is C19H21FN2O3S. The molecule has 0 atom stereocenters. The lowest BCUT2D eigenvalue weighted by Gasteiger charge is -2.25. The van der Waals surface area contributed by atoms with E-state index in [0.29, 0.717) is 24.3 Å². The first-order valence-corrected chi connectivity index (χ1v) is 10.0. The van der Waals surface area contributed by atoms with E-state index in [-0.39, 0.29) is 23.0 Å². The molecular weight excluding hydrogens is 355 g/mol. The molecule has 2 aromatic rings. The second-order valence-corrected chi connectivity index (χ2v) is 8.28. The summed E-state index contributed by atoms with van der Waals surface area (Å²) in [6.45, 7) is 1.12. The molecule has 2 aromatic carbocycles. The van der Waals surface area contributed by atoms with Crippen LogP contribution in [0.3, 0.4) is 0 Å². The van der Waals surface area contributed by atoms with E-state index >= 15 is 0 Å². The van der Waals surface area contributed by atoms with Gasteiger partial charge in [0.05, 0.1) is 11.3 Å². The van der Waals surface area contributed by atoms with E-state index in [1.165, 1.54) is 28.6 Å². The number of halogens is 1. The number of rotatable bonds is 5. The van der Waals surface area contributed by atoms with Gasteiger partial charge in [-0.05, 0) is 54.8 Å². The van der Waals surface area contributed by atoms with Crippen LogP contribution in [0, 0.1) is 5.82 Å². The summed E-state index contributed by atoms with van der Waals surface area (Å²) in [5.41, 5.74) is 1.22. The highest BCUT2D eigenvalue weighted by molar-refractivity contribution is 7.89. The van der Waals surface area contributed by atoms with Crippen LogP contribution in [0.25, 0.3) is 0 Å². The van der Waals surface area contributed by atoms with Gasteiger partial charge in [0.2, 0.25) is 15.9 Å². The molecule has 1 aliphatic heterocycles. The molecule has 0 aliphatic carbocycles. The van der Waals surface area contributed by atoms with Crippen LogP contribution >= 0.6 is 0 Å². The van der Waals surface area contributed by atoms with Crippen molar-refractivity contribution in [1.82, 2.24) is 4.31 Å². The quantitative estimate of drug-likeness (QED) is 0.872. The molecule has 0 bridgehead atoms. The number of amides is 1. The van der Waals surface area contributed by atoms with E-state index in [2.05, 4.69) is 5.32 Å². The standard InChI is InChI=1S/C19H21FN2O3S/c20-16-6-8-17(9-7-16)21-19(23)14-15-4-10-18(11-5-15)26(24,25)22-12-2-1-3-13-22/h4-11H,1-3,12-14H2,(H,21,23). The van der Waals surface area contributed by atoms with Crippen molar-refractivity contribution in [3.63, 3.8) is 0 Å². The third-order valence-electron chi connectivity index (χ3n) is 4.37. The van der Waals surface area contributed by atoms with Crippen LogP contribution in [0.2, 0.25) is 0 Å². The molecule has 1 heterocycles. The first-order valence-electron chi connectivity index (χ1n) is 8.60. The molecule has 138 valence electrons. The van der Waals surface area contributed by atoms with E-state index in [0.717, 1.165) is 19.3 Å². The molecule has 1 aliphatic rings. The van der Waals surface area contributed by atoms with Crippen LogP contribution in [0.1, 0.15) is 24.8 Å². The van der Waals surface area contributed by atoms with Crippen molar-refractivity contribution in [2.75, 3.05) is 18.4 Å². The Morgan fingerprint density at radius 3 is 2.19 bits per heavy atom. The molecule has 1 saturated heterocycles. The Labute approximate surface area is 152 Å². The van der Waals surface area contributed by atoms with Crippen molar-refractivity contribution in [2.45, 2.75) is 30.6 Å². The van der Waals surface area contributed by atoms with Gasteiger partial charge >= 0.3 is 0 Å². The van der Waals surface area contributed by atoms with Crippen LogP contribution in [0.15, 0.2) is 53.4 Å². The Morgan fingerprint density at radius 1 is 0.962 bits per heavy atom. The van der Waals surface area contributed by atoms with Crippen molar-refractivity contribution in [2.24, 2.45) is 0 Å². The van der Waals surface area contributed by atoms with Gasteiger partial charge in [0, 0.05) is 18.8 Å². The number of hydrogen-bond donors (Lipinski definition) is 1. The molecule has 0 radical (unpaired) electrons. The fourth-order valence-corrected chi connectivity index (χ4v) is 4.47. The van der Waals surface area contributed by atoms with Crippen LogP contribution in [-0.4, -0.2) is 31.7 Å². The number of nitrogens with one attached hydrogen (secondary N) is 1. The van der Waals surface area contributed by atoms with Gasteiger partial charge in [0.1, 0.15) is 5.82 Å². The van der Waals surface area contributed by atoms with Crippen molar-refractivity contribution < 1.29 is 17.6 Å². The average molecular weight is 376 g/mol. The summed E-state index contributed by atoms with van der Waals surface area (Å²) < 4.78 is 39.6. The normalized spacial score (nSPS) is 15.6. The number of hydrogen-bond acceptors (Lipinski definition) is 3. The number of piperidine rings is 1. The predicted octanol–water partition coefficient (Wildman–Crippen LogP) is 3.18. The van der Waals surface area contributed by atoms with Crippen LogP contribution < -0.4 is 5.32 Å². The zero-order valence-corrected chi connectivity index (χ0v) is 15.1. The van der Waals surface area contributed by atoms with E-state index in [1.807, 2.05) is 0 Å². The molecule has 0 unspecified atom stereocenters. The average Bonchev–Trinajstić information content (AvgIpc) is 2.65. The third-order valence-corrected chi connectivity index (χ3v) is 6.28. The van der Waals surface area contributed by atoms with Gasteiger partial charge in [-0.2, -0.15) is 4.31 Å². The maximum absolute atomic E-state index is 12.9.